The number of nitrogens with zero attached hydrogens (tertiary/aromatic N) is 2. The van der Waals surface area contributed by atoms with Gasteiger partial charge in [0, 0.05) is 23.2 Å². The first-order valence-electron chi connectivity index (χ1n) is 7.19. The molecule has 2 N–H and O–H groups in total. The molecule has 2 heterocycles. The zero-order valence-corrected chi connectivity index (χ0v) is 15.5. The summed E-state index contributed by atoms with van der Waals surface area (Å²) in [6.45, 7) is 1.48. The molecule has 3 aromatic rings. The van der Waals surface area contributed by atoms with Crippen molar-refractivity contribution in [2.24, 2.45) is 0 Å². The van der Waals surface area contributed by atoms with Crippen LogP contribution in [-0.2, 0) is 21.4 Å². The molecule has 0 aliphatic rings. The van der Waals surface area contributed by atoms with Crippen molar-refractivity contribution in [1.82, 2.24) is 14.9 Å². The molecule has 25 heavy (non-hydrogen) atoms. The van der Waals surface area contributed by atoms with Crippen LogP contribution in [0.3, 0.4) is 0 Å². The minimum atomic E-state index is -3.78. The van der Waals surface area contributed by atoms with Crippen molar-refractivity contribution < 1.29 is 13.2 Å². The van der Waals surface area contributed by atoms with E-state index in [0.717, 1.165) is 26.7 Å². The number of hydrogen-bond acceptors (Lipinski definition) is 7. The van der Waals surface area contributed by atoms with Crippen molar-refractivity contribution >= 4 is 43.7 Å². The SMILES string of the molecule is CC(=O)Nc1nnc(S(=O)(=O)NCc2ccc(-c3ccccc3)s2)s1. The normalized spacial score (nSPS) is 11.4. The Hall–Kier alpha value is -2.14. The van der Waals surface area contributed by atoms with Crippen molar-refractivity contribution in [3.8, 4) is 10.4 Å². The van der Waals surface area contributed by atoms with Gasteiger partial charge in [-0.1, -0.05) is 41.7 Å². The minimum absolute atomic E-state index is 0.148. The molecule has 0 saturated carbocycles. The maximum absolute atomic E-state index is 12.3. The quantitative estimate of drug-likeness (QED) is 0.626. The molecule has 1 aromatic carbocycles. The fraction of sp³-hybridized carbons (Fsp3) is 0.133. The molecular weight excluding hydrogens is 380 g/mol. The van der Waals surface area contributed by atoms with Gasteiger partial charge in [0.2, 0.25) is 15.4 Å². The molecule has 0 fully saturated rings. The fourth-order valence-electron chi connectivity index (χ4n) is 1.98. The third kappa shape index (κ3) is 4.48. The summed E-state index contributed by atoms with van der Waals surface area (Å²) in [6, 6.07) is 13.7. The highest BCUT2D eigenvalue weighted by atomic mass is 32.2. The van der Waals surface area contributed by atoms with Crippen LogP contribution in [-0.4, -0.2) is 24.5 Å². The van der Waals surface area contributed by atoms with Gasteiger partial charge in [0.1, 0.15) is 0 Å². The smallest absolute Gasteiger partial charge is 0.270 e. The summed E-state index contributed by atoms with van der Waals surface area (Å²) >= 11 is 2.32. The molecule has 0 bridgehead atoms. The second-order valence-corrected chi connectivity index (χ2v) is 9.10. The van der Waals surface area contributed by atoms with Crippen molar-refractivity contribution in [3.05, 3.63) is 47.3 Å². The summed E-state index contributed by atoms with van der Waals surface area (Å²) in [5, 5.41) is 9.81. The van der Waals surface area contributed by atoms with Gasteiger partial charge in [-0.05, 0) is 17.7 Å². The van der Waals surface area contributed by atoms with Crippen LogP contribution in [0.5, 0.6) is 0 Å². The maximum atomic E-state index is 12.3. The maximum Gasteiger partial charge on any atom is 0.270 e. The lowest BCUT2D eigenvalue weighted by Crippen LogP contribution is -2.22. The Morgan fingerprint density at radius 1 is 1.08 bits per heavy atom. The van der Waals surface area contributed by atoms with Crippen molar-refractivity contribution in [1.29, 1.82) is 0 Å². The number of anilines is 1. The van der Waals surface area contributed by atoms with Gasteiger partial charge in [-0.25, -0.2) is 13.1 Å². The van der Waals surface area contributed by atoms with Crippen LogP contribution in [0.1, 0.15) is 11.8 Å². The van der Waals surface area contributed by atoms with Crippen molar-refractivity contribution in [2.45, 2.75) is 17.8 Å². The number of hydrogen-bond donors (Lipinski definition) is 2. The van der Waals surface area contributed by atoms with E-state index in [1.165, 1.54) is 18.3 Å². The molecule has 0 radical (unpaired) electrons. The van der Waals surface area contributed by atoms with E-state index < -0.39 is 10.0 Å². The monoisotopic (exact) mass is 394 g/mol. The second kappa shape index (κ2) is 7.40. The highest BCUT2D eigenvalue weighted by Crippen LogP contribution is 2.28. The summed E-state index contributed by atoms with van der Waals surface area (Å²) in [5.41, 5.74) is 1.09. The number of aromatic nitrogens is 2. The number of amides is 1. The number of sulfonamides is 1. The van der Waals surface area contributed by atoms with E-state index in [9.17, 15) is 13.2 Å². The number of carbonyl (C=O) groups is 1. The van der Waals surface area contributed by atoms with Crippen LogP contribution >= 0.6 is 22.7 Å². The highest BCUT2D eigenvalue weighted by Gasteiger charge is 2.20. The Labute approximate surface area is 152 Å². The van der Waals surface area contributed by atoms with E-state index in [1.54, 1.807) is 0 Å². The Bertz CT molecular complexity index is 980. The van der Waals surface area contributed by atoms with Gasteiger partial charge >= 0.3 is 0 Å². The summed E-state index contributed by atoms with van der Waals surface area (Å²) in [4.78, 5) is 12.9. The number of rotatable bonds is 6. The number of nitrogens with one attached hydrogen (secondary N) is 2. The van der Waals surface area contributed by atoms with E-state index in [4.69, 9.17) is 0 Å². The Morgan fingerprint density at radius 3 is 2.56 bits per heavy atom. The average Bonchev–Trinajstić information content (AvgIpc) is 3.23. The van der Waals surface area contributed by atoms with E-state index >= 15 is 0 Å². The van der Waals surface area contributed by atoms with Crippen LogP contribution in [0.25, 0.3) is 10.4 Å². The summed E-state index contributed by atoms with van der Waals surface area (Å²) < 4.78 is 26.9. The summed E-state index contributed by atoms with van der Waals surface area (Å²) in [7, 11) is -3.78. The molecule has 0 saturated heterocycles. The van der Waals surface area contributed by atoms with Crippen LogP contribution in [0.2, 0.25) is 0 Å². The first-order chi connectivity index (χ1) is 11.9. The van der Waals surface area contributed by atoms with E-state index in [0.29, 0.717) is 0 Å². The van der Waals surface area contributed by atoms with Crippen LogP contribution in [0.4, 0.5) is 5.13 Å². The first kappa shape index (κ1) is 17.7. The van der Waals surface area contributed by atoms with E-state index in [-0.39, 0.29) is 21.9 Å². The van der Waals surface area contributed by atoms with E-state index in [1.807, 2.05) is 42.5 Å². The average molecular weight is 395 g/mol. The predicted octanol–water partition coefficient (Wildman–Crippen LogP) is 2.70. The van der Waals surface area contributed by atoms with Gasteiger partial charge in [0.25, 0.3) is 10.0 Å². The molecule has 2 aromatic heterocycles. The van der Waals surface area contributed by atoms with Crippen molar-refractivity contribution in [2.75, 3.05) is 5.32 Å². The lowest BCUT2D eigenvalue weighted by Gasteiger charge is -2.01. The summed E-state index contributed by atoms with van der Waals surface area (Å²) in [6.07, 6.45) is 0. The van der Waals surface area contributed by atoms with Crippen LogP contribution < -0.4 is 10.0 Å². The van der Waals surface area contributed by atoms with Gasteiger partial charge in [-0.3, -0.25) is 4.79 Å². The lowest BCUT2D eigenvalue weighted by atomic mass is 10.2. The number of carbonyl (C=O) groups excluding carboxylic acids is 1. The zero-order chi connectivity index (χ0) is 17.9. The number of thiophene rings is 1. The molecule has 7 nitrogen and oxygen atoms in total. The minimum Gasteiger partial charge on any atom is -0.301 e. The third-order valence-electron chi connectivity index (χ3n) is 3.08. The van der Waals surface area contributed by atoms with Gasteiger partial charge in [0.15, 0.2) is 0 Å². The molecular formula is C15H14N4O3S3. The molecule has 130 valence electrons. The standard InChI is InChI=1S/C15H14N4O3S3/c1-10(20)17-14-18-19-15(24-14)25(21,22)16-9-12-7-8-13(23-12)11-5-3-2-4-6-11/h2-8,16H,9H2,1H3,(H,17,18,20). The van der Waals surface area contributed by atoms with Gasteiger partial charge in [-0.15, -0.1) is 21.5 Å². The van der Waals surface area contributed by atoms with Gasteiger partial charge in [0.05, 0.1) is 0 Å². The largest absolute Gasteiger partial charge is 0.301 e. The number of benzene rings is 1. The third-order valence-corrected chi connectivity index (χ3v) is 6.82. The molecule has 0 aliphatic heterocycles. The van der Waals surface area contributed by atoms with Gasteiger partial charge in [-0.2, -0.15) is 0 Å². The Kier molecular flexibility index (Phi) is 5.23. The molecule has 0 atom stereocenters. The summed E-state index contributed by atoms with van der Waals surface area (Å²) in [5.74, 6) is -0.333. The lowest BCUT2D eigenvalue weighted by molar-refractivity contribution is -0.114. The van der Waals surface area contributed by atoms with Crippen LogP contribution in [0.15, 0.2) is 46.8 Å². The van der Waals surface area contributed by atoms with Gasteiger partial charge < -0.3 is 5.32 Å². The zero-order valence-electron chi connectivity index (χ0n) is 13.1. The Morgan fingerprint density at radius 2 is 1.84 bits per heavy atom. The van der Waals surface area contributed by atoms with E-state index in [2.05, 4.69) is 20.2 Å². The second-order valence-electron chi connectivity index (χ2n) is 5.01. The molecule has 0 spiro atoms. The molecule has 1 amide bonds. The van der Waals surface area contributed by atoms with Crippen LogP contribution in [0, 0.1) is 0 Å². The molecule has 0 unspecified atom stereocenters. The molecule has 0 aliphatic carbocycles. The highest BCUT2D eigenvalue weighted by molar-refractivity contribution is 7.91. The van der Waals surface area contributed by atoms with Crippen molar-refractivity contribution in [3.63, 3.8) is 0 Å². The predicted molar refractivity (Wildman–Crippen MR) is 98.0 cm³/mol. The Balaban J connectivity index is 1.67. The molecule has 10 heteroatoms. The first-order valence-corrected chi connectivity index (χ1v) is 10.3. The topological polar surface area (TPSA) is 101 Å². The molecule has 3 rings (SSSR count). The fourth-order valence-corrected chi connectivity index (χ4v) is 5.02.